The van der Waals surface area contributed by atoms with Crippen molar-refractivity contribution in [3.8, 4) is 11.8 Å². The van der Waals surface area contributed by atoms with Crippen LogP contribution in [0.3, 0.4) is 0 Å². The number of hydrogen-bond acceptors (Lipinski definition) is 3. The highest BCUT2D eigenvalue weighted by atomic mass is 16.5. The number of ether oxygens (including phenoxy) is 1. The molecule has 1 N–H and O–H groups in total. The second kappa shape index (κ2) is 7.33. The lowest BCUT2D eigenvalue weighted by Crippen LogP contribution is -2.09. The van der Waals surface area contributed by atoms with Gasteiger partial charge in [-0.05, 0) is 42.3 Å². The molecule has 0 saturated carbocycles. The first-order chi connectivity index (χ1) is 12.2. The fourth-order valence-electron chi connectivity index (χ4n) is 2.55. The first-order valence-electron chi connectivity index (χ1n) is 7.81. The molecule has 4 heteroatoms. The zero-order valence-electron chi connectivity index (χ0n) is 13.5. The summed E-state index contributed by atoms with van der Waals surface area (Å²) in [7, 11) is 0. The van der Waals surface area contributed by atoms with E-state index >= 15 is 0 Å². The first-order valence-corrected chi connectivity index (χ1v) is 7.81. The number of aromatic amines is 1. The van der Waals surface area contributed by atoms with Gasteiger partial charge in [0, 0.05) is 22.7 Å². The number of hydrogen-bond donors (Lipinski definition) is 1. The first kappa shape index (κ1) is 16.3. The van der Waals surface area contributed by atoms with Crippen molar-refractivity contribution in [2.24, 2.45) is 0 Å². The second-order valence-electron chi connectivity index (χ2n) is 5.49. The molecule has 2 aromatic carbocycles. The van der Waals surface area contributed by atoms with Gasteiger partial charge in [0.05, 0.1) is 0 Å². The summed E-state index contributed by atoms with van der Waals surface area (Å²) in [5, 5.41) is 10.3. The largest absolute Gasteiger partial charge is 0.422 e. The Kier molecular flexibility index (Phi) is 4.77. The van der Waals surface area contributed by atoms with E-state index in [4.69, 9.17) is 4.74 Å². The molecule has 25 heavy (non-hydrogen) atoms. The highest BCUT2D eigenvalue weighted by molar-refractivity contribution is 6.02. The van der Waals surface area contributed by atoms with E-state index in [0.29, 0.717) is 5.75 Å². The highest BCUT2D eigenvalue weighted by Crippen LogP contribution is 2.23. The average molecular weight is 328 g/mol. The van der Waals surface area contributed by atoms with Crippen LogP contribution in [0.5, 0.6) is 5.75 Å². The summed E-state index contributed by atoms with van der Waals surface area (Å²) in [5.74, 6) is -0.272. The molecule has 3 rings (SSSR count). The molecule has 0 unspecified atom stereocenters. The number of benzene rings is 2. The van der Waals surface area contributed by atoms with E-state index < -0.39 is 5.97 Å². The molecule has 0 aliphatic rings. The molecule has 1 heterocycles. The van der Waals surface area contributed by atoms with Crippen LogP contribution < -0.4 is 4.74 Å². The van der Waals surface area contributed by atoms with Gasteiger partial charge >= 0.3 is 5.97 Å². The number of rotatable bonds is 5. The monoisotopic (exact) mass is 328 g/mol. The van der Waals surface area contributed by atoms with Crippen LogP contribution in [0.1, 0.15) is 11.1 Å². The normalized spacial score (nSPS) is 11.1. The number of allylic oxidation sites excluding steroid dienone is 1. The van der Waals surface area contributed by atoms with Crippen LogP contribution in [0.25, 0.3) is 17.0 Å². The molecule has 0 saturated heterocycles. The van der Waals surface area contributed by atoms with Crippen LogP contribution in [0, 0.1) is 11.3 Å². The Bertz CT molecular complexity index is 992. The maximum Gasteiger partial charge on any atom is 0.354 e. The number of nitrogens with zero attached hydrogens (tertiary/aromatic N) is 1. The highest BCUT2D eigenvalue weighted by Gasteiger charge is 2.13. The third kappa shape index (κ3) is 3.67. The van der Waals surface area contributed by atoms with Crippen molar-refractivity contribution in [3.63, 3.8) is 0 Å². The van der Waals surface area contributed by atoms with E-state index in [1.54, 1.807) is 36.5 Å². The molecule has 0 radical (unpaired) electrons. The van der Waals surface area contributed by atoms with E-state index in [9.17, 15) is 10.1 Å². The lowest BCUT2D eigenvalue weighted by Gasteiger charge is -2.03. The van der Waals surface area contributed by atoms with Gasteiger partial charge in [0.2, 0.25) is 0 Å². The molecule has 0 fully saturated rings. The molecule has 0 spiro atoms. The molecule has 0 bridgehead atoms. The Morgan fingerprint density at radius 2 is 2.04 bits per heavy atom. The smallest absolute Gasteiger partial charge is 0.354 e. The van der Waals surface area contributed by atoms with Crippen molar-refractivity contribution in [1.82, 2.24) is 4.98 Å². The van der Waals surface area contributed by atoms with E-state index in [0.717, 1.165) is 28.5 Å². The fourth-order valence-corrected chi connectivity index (χ4v) is 2.55. The molecule has 3 aromatic rings. The maximum atomic E-state index is 12.2. The Morgan fingerprint density at radius 3 is 2.76 bits per heavy atom. The molecule has 4 nitrogen and oxygen atoms in total. The van der Waals surface area contributed by atoms with E-state index in [2.05, 4.69) is 11.6 Å². The van der Waals surface area contributed by atoms with Crippen LogP contribution >= 0.6 is 0 Å². The van der Waals surface area contributed by atoms with Crippen LogP contribution in [-0.2, 0) is 11.2 Å². The zero-order valence-corrected chi connectivity index (χ0v) is 13.5. The topological polar surface area (TPSA) is 65.9 Å². The second-order valence-corrected chi connectivity index (χ2v) is 5.49. The summed E-state index contributed by atoms with van der Waals surface area (Å²) < 4.78 is 5.24. The minimum Gasteiger partial charge on any atom is -0.422 e. The average Bonchev–Trinajstić information content (AvgIpc) is 3.03. The molecular formula is C21H16N2O2. The zero-order chi connectivity index (χ0) is 17.6. The number of carbonyl (C=O) groups excluding carboxylic acids is 1. The van der Waals surface area contributed by atoms with E-state index in [-0.39, 0.29) is 5.57 Å². The minimum absolute atomic E-state index is 0.0566. The summed E-state index contributed by atoms with van der Waals surface area (Å²) in [5.41, 5.74) is 2.76. The lowest BCUT2D eigenvalue weighted by molar-refractivity contribution is -0.129. The predicted molar refractivity (Wildman–Crippen MR) is 97.9 cm³/mol. The van der Waals surface area contributed by atoms with Crippen molar-refractivity contribution in [1.29, 1.82) is 5.26 Å². The molecule has 0 atom stereocenters. The molecule has 122 valence electrons. The van der Waals surface area contributed by atoms with Crippen molar-refractivity contribution < 1.29 is 9.53 Å². The Hall–Kier alpha value is -3.58. The van der Waals surface area contributed by atoms with Crippen molar-refractivity contribution in [2.75, 3.05) is 0 Å². The number of H-pyrrole nitrogens is 1. The number of esters is 1. The van der Waals surface area contributed by atoms with Gasteiger partial charge < -0.3 is 9.72 Å². The Morgan fingerprint density at radius 1 is 1.24 bits per heavy atom. The summed E-state index contributed by atoms with van der Waals surface area (Å²) in [6.45, 7) is 3.75. The summed E-state index contributed by atoms with van der Waals surface area (Å²) in [4.78, 5) is 15.4. The van der Waals surface area contributed by atoms with Crippen molar-refractivity contribution >= 4 is 22.9 Å². The third-order valence-corrected chi connectivity index (χ3v) is 3.75. The van der Waals surface area contributed by atoms with E-state index in [1.807, 2.05) is 36.4 Å². The number of nitrogens with one attached hydrogen (secondary N) is 1. The summed E-state index contributed by atoms with van der Waals surface area (Å²) in [6, 6.07) is 16.6. The van der Waals surface area contributed by atoms with Crippen LogP contribution in [0.2, 0.25) is 0 Å². The predicted octanol–water partition coefficient (Wildman–Crippen LogP) is 4.41. The molecule has 0 aliphatic heterocycles. The summed E-state index contributed by atoms with van der Waals surface area (Å²) >= 11 is 0. The number of aromatic nitrogens is 1. The van der Waals surface area contributed by atoms with Gasteiger partial charge in [0.15, 0.2) is 0 Å². The number of para-hydroxylation sites is 1. The van der Waals surface area contributed by atoms with Crippen molar-refractivity contribution in [3.05, 3.63) is 84.1 Å². The molecule has 0 aliphatic carbocycles. The maximum absolute atomic E-state index is 12.2. The number of nitriles is 1. The van der Waals surface area contributed by atoms with Crippen LogP contribution in [0.4, 0.5) is 0 Å². The lowest BCUT2D eigenvalue weighted by atomic mass is 10.1. The Balaban J connectivity index is 1.93. The fraction of sp³-hybridized carbons (Fsp3) is 0.0476. The van der Waals surface area contributed by atoms with Gasteiger partial charge in [0.1, 0.15) is 17.4 Å². The molecular weight excluding hydrogens is 312 g/mol. The van der Waals surface area contributed by atoms with E-state index in [1.165, 1.54) is 0 Å². The summed E-state index contributed by atoms with van der Waals surface area (Å²) in [6.07, 6.45) is 5.91. The van der Waals surface area contributed by atoms with Crippen LogP contribution in [0.15, 0.2) is 73.0 Å². The van der Waals surface area contributed by atoms with Gasteiger partial charge in [-0.25, -0.2) is 4.79 Å². The molecule has 0 amide bonds. The van der Waals surface area contributed by atoms with Gasteiger partial charge in [-0.2, -0.15) is 5.26 Å². The van der Waals surface area contributed by atoms with Gasteiger partial charge in [-0.15, -0.1) is 6.58 Å². The van der Waals surface area contributed by atoms with Gasteiger partial charge in [0.25, 0.3) is 0 Å². The van der Waals surface area contributed by atoms with Gasteiger partial charge in [-0.3, -0.25) is 0 Å². The third-order valence-electron chi connectivity index (χ3n) is 3.75. The number of carbonyl (C=O) groups is 1. The standard InChI is InChI=1S/C21H16N2O2/c1-2-6-15-9-10-20-19(11-15)17(14-23-20)12-16(13-22)21(24)25-18-7-4-3-5-8-18/h2-5,7-12,14,23H,1,6H2/b16-12+. The molecule has 1 aromatic heterocycles. The van der Waals surface area contributed by atoms with Crippen LogP contribution in [-0.4, -0.2) is 11.0 Å². The minimum atomic E-state index is -0.676. The number of fused-ring (bicyclic) bond motifs is 1. The van der Waals surface area contributed by atoms with Crippen molar-refractivity contribution in [2.45, 2.75) is 6.42 Å². The van der Waals surface area contributed by atoms with Gasteiger partial charge in [-0.1, -0.05) is 30.3 Å². The Labute approximate surface area is 145 Å². The SMILES string of the molecule is C=CCc1ccc2[nH]cc(/C=C(\C#N)C(=O)Oc3ccccc3)c2c1. The quantitative estimate of drug-likeness (QED) is 0.248.